The van der Waals surface area contributed by atoms with Crippen molar-refractivity contribution in [2.45, 2.75) is 20.4 Å². The van der Waals surface area contributed by atoms with E-state index in [0.29, 0.717) is 17.3 Å². The van der Waals surface area contributed by atoms with Gasteiger partial charge in [0.1, 0.15) is 5.75 Å². The summed E-state index contributed by atoms with van der Waals surface area (Å²) in [6.45, 7) is 4.03. The molecule has 0 spiro atoms. The monoisotopic (exact) mass is 264 g/mol. The molecule has 1 aromatic carbocycles. The van der Waals surface area contributed by atoms with Gasteiger partial charge in [0.05, 0.1) is 11.4 Å². The number of aromatic nitrogens is 3. The van der Waals surface area contributed by atoms with Gasteiger partial charge in [-0.3, -0.25) is 0 Å². The van der Waals surface area contributed by atoms with Gasteiger partial charge in [0, 0.05) is 17.1 Å². The van der Waals surface area contributed by atoms with Crippen LogP contribution >= 0.6 is 11.6 Å². The van der Waals surface area contributed by atoms with Gasteiger partial charge in [0.2, 0.25) is 0 Å². The van der Waals surface area contributed by atoms with Crippen LogP contribution in [0.1, 0.15) is 17.0 Å². The molecular formula is C12H13ClN4O. The van der Waals surface area contributed by atoms with Gasteiger partial charge >= 0.3 is 6.01 Å². The van der Waals surface area contributed by atoms with E-state index in [2.05, 4.69) is 15.2 Å². The van der Waals surface area contributed by atoms with Crippen LogP contribution in [0.2, 0.25) is 5.02 Å². The van der Waals surface area contributed by atoms with Crippen LogP contribution in [0.4, 0.5) is 0 Å². The van der Waals surface area contributed by atoms with Crippen molar-refractivity contribution in [3.63, 3.8) is 0 Å². The van der Waals surface area contributed by atoms with E-state index in [1.807, 2.05) is 19.9 Å². The normalized spacial score (nSPS) is 10.4. The highest BCUT2D eigenvalue weighted by molar-refractivity contribution is 6.30. The summed E-state index contributed by atoms with van der Waals surface area (Å²) < 4.78 is 5.57. The van der Waals surface area contributed by atoms with Crippen molar-refractivity contribution in [3.05, 3.63) is 40.2 Å². The number of nitrogens with two attached hydrogens (primary N) is 1. The zero-order valence-corrected chi connectivity index (χ0v) is 10.9. The molecule has 6 heteroatoms. The third-order valence-corrected chi connectivity index (χ3v) is 2.76. The minimum absolute atomic E-state index is 0.190. The molecule has 0 amide bonds. The maximum Gasteiger partial charge on any atom is 0.341 e. The van der Waals surface area contributed by atoms with Crippen LogP contribution in [0.25, 0.3) is 0 Å². The first-order chi connectivity index (χ1) is 8.60. The third-order valence-electron chi connectivity index (χ3n) is 2.52. The first-order valence-electron chi connectivity index (χ1n) is 5.44. The molecule has 2 N–H and O–H groups in total. The fraction of sp³-hybridized carbons (Fsp3) is 0.250. The molecule has 2 rings (SSSR count). The Bertz CT molecular complexity index is 574. The fourth-order valence-corrected chi connectivity index (χ4v) is 1.53. The van der Waals surface area contributed by atoms with E-state index < -0.39 is 0 Å². The molecule has 0 fully saturated rings. The molecule has 0 atom stereocenters. The Hall–Kier alpha value is -1.72. The molecule has 0 unspecified atom stereocenters. The molecule has 18 heavy (non-hydrogen) atoms. The van der Waals surface area contributed by atoms with Crippen LogP contribution in [0.5, 0.6) is 11.8 Å². The summed E-state index contributed by atoms with van der Waals surface area (Å²) in [7, 11) is 0. The zero-order chi connectivity index (χ0) is 13.1. The molecule has 0 aliphatic rings. The van der Waals surface area contributed by atoms with E-state index in [0.717, 1.165) is 17.0 Å². The topological polar surface area (TPSA) is 73.9 Å². The van der Waals surface area contributed by atoms with Gasteiger partial charge in [-0.05, 0) is 26.0 Å². The molecular weight excluding hydrogens is 252 g/mol. The largest absolute Gasteiger partial charge is 0.423 e. The highest BCUT2D eigenvalue weighted by Gasteiger charge is 2.08. The average molecular weight is 265 g/mol. The first-order valence-corrected chi connectivity index (χ1v) is 5.82. The summed E-state index contributed by atoms with van der Waals surface area (Å²) in [6.07, 6.45) is 0. The minimum Gasteiger partial charge on any atom is -0.423 e. The zero-order valence-electron chi connectivity index (χ0n) is 10.1. The maximum atomic E-state index is 5.92. The number of benzene rings is 1. The van der Waals surface area contributed by atoms with Crippen molar-refractivity contribution >= 4 is 11.6 Å². The molecule has 2 aromatic rings. The van der Waals surface area contributed by atoms with Crippen LogP contribution in [0.15, 0.2) is 18.2 Å². The van der Waals surface area contributed by atoms with Gasteiger partial charge < -0.3 is 10.5 Å². The van der Waals surface area contributed by atoms with E-state index in [1.165, 1.54) is 0 Å². The Morgan fingerprint density at radius 3 is 2.67 bits per heavy atom. The summed E-state index contributed by atoms with van der Waals surface area (Å²) in [6, 6.07) is 5.44. The Morgan fingerprint density at radius 2 is 2.00 bits per heavy atom. The number of hydrogen-bond donors (Lipinski definition) is 1. The van der Waals surface area contributed by atoms with Gasteiger partial charge in [-0.25, -0.2) is 0 Å². The Balaban J connectivity index is 2.33. The van der Waals surface area contributed by atoms with Crippen molar-refractivity contribution in [1.82, 2.24) is 15.2 Å². The summed E-state index contributed by atoms with van der Waals surface area (Å²) in [5.41, 5.74) is 8.01. The second kappa shape index (κ2) is 5.29. The second-order valence-electron chi connectivity index (χ2n) is 3.82. The highest BCUT2D eigenvalue weighted by atomic mass is 35.5. The third kappa shape index (κ3) is 2.75. The predicted octanol–water partition coefficient (Wildman–Crippen LogP) is 2.39. The van der Waals surface area contributed by atoms with Crippen LogP contribution in [0, 0.1) is 13.8 Å². The maximum absolute atomic E-state index is 5.92. The van der Waals surface area contributed by atoms with Crippen molar-refractivity contribution in [2.75, 3.05) is 0 Å². The SMILES string of the molecule is Cc1nnc(Oc2cc(Cl)ccc2CN)nc1C. The average Bonchev–Trinajstić information content (AvgIpc) is 2.34. The van der Waals surface area contributed by atoms with E-state index in [4.69, 9.17) is 22.1 Å². The number of ether oxygens (including phenoxy) is 1. The van der Waals surface area contributed by atoms with Gasteiger partial charge in [-0.2, -0.15) is 4.98 Å². The number of aryl methyl sites for hydroxylation is 2. The van der Waals surface area contributed by atoms with Crippen LogP contribution in [-0.2, 0) is 6.54 Å². The summed E-state index contributed by atoms with van der Waals surface area (Å²) in [5.74, 6) is 0.551. The van der Waals surface area contributed by atoms with Gasteiger partial charge in [-0.1, -0.05) is 22.8 Å². The molecule has 0 bridgehead atoms. The number of halogens is 1. The lowest BCUT2D eigenvalue weighted by Crippen LogP contribution is -2.03. The van der Waals surface area contributed by atoms with E-state index >= 15 is 0 Å². The van der Waals surface area contributed by atoms with Crippen molar-refractivity contribution in [1.29, 1.82) is 0 Å². The van der Waals surface area contributed by atoms with Crippen LogP contribution < -0.4 is 10.5 Å². The van der Waals surface area contributed by atoms with E-state index in [-0.39, 0.29) is 6.01 Å². The lowest BCUT2D eigenvalue weighted by Gasteiger charge is -2.09. The fourth-order valence-electron chi connectivity index (χ4n) is 1.37. The Kier molecular flexibility index (Phi) is 3.74. The molecule has 94 valence electrons. The number of nitrogens with zero attached hydrogens (tertiary/aromatic N) is 3. The molecule has 5 nitrogen and oxygen atoms in total. The smallest absolute Gasteiger partial charge is 0.341 e. The van der Waals surface area contributed by atoms with Crippen molar-refractivity contribution < 1.29 is 4.74 Å². The molecule has 0 aliphatic heterocycles. The summed E-state index contributed by atoms with van der Waals surface area (Å²) >= 11 is 5.92. The van der Waals surface area contributed by atoms with E-state index in [1.54, 1.807) is 12.1 Å². The Morgan fingerprint density at radius 1 is 1.22 bits per heavy atom. The molecule has 0 aliphatic carbocycles. The van der Waals surface area contributed by atoms with Crippen molar-refractivity contribution in [2.24, 2.45) is 5.73 Å². The van der Waals surface area contributed by atoms with Gasteiger partial charge in [0.15, 0.2) is 0 Å². The van der Waals surface area contributed by atoms with Crippen molar-refractivity contribution in [3.8, 4) is 11.8 Å². The molecule has 1 aromatic heterocycles. The second-order valence-corrected chi connectivity index (χ2v) is 4.26. The van der Waals surface area contributed by atoms with Crippen LogP contribution in [0.3, 0.4) is 0 Å². The van der Waals surface area contributed by atoms with E-state index in [9.17, 15) is 0 Å². The number of rotatable bonds is 3. The Labute approximate surface area is 110 Å². The van der Waals surface area contributed by atoms with Crippen LogP contribution in [-0.4, -0.2) is 15.2 Å². The minimum atomic E-state index is 0.190. The quantitative estimate of drug-likeness (QED) is 0.921. The summed E-state index contributed by atoms with van der Waals surface area (Å²) in [5, 5.41) is 8.39. The molecule has 0 saturated carbocycles. The highest BCUT2D eigenvalue weighted by Crippen LogP contribution is 2.26. The lowest BCUT2D eigenvalue weighted by atomic mass is 10.2. The standard InChI is InChI=1S/C12H13ClN4O/c1-7-8(2)16-17-12(15-7)18-11-5-10(13)4-3-9(11)6-14/h3-5H,6,14H2,1-2H3. The first kappa shape index (κ1) is 12.7. The molecule has 1 heterocycles. The molecule has 0 saturated heterocycles. The predicted molar refractivity (Wildman–Crippen MR) is 68.7 cm³/mol. The van der Waals surface area contributed by atoms with Gasteiger partial charge in [-0.15, -0.1) is 5.10 Å². The molecule has 0 radical (unpaired) electrons. The number of hydrogen-bond acceptors (Lipinski definition) is 5. The van der Waals surface area contributed by atoms with Gasteiger partial charge in [0.25, 0.3) is 0 Å². The lowest BCUT2D eigenvalue weighted by molar-refractivity contribution is 0.425. The summed E-state index contributed by atoms with van der Waals surface area (Å²) in [4.78, 5) is 4.19.